The SMILES string of the molecule is COC(=O)c1cc(NC(=O)c2ccc(-c3nc(C)no3)cc2)ccc1Cl. The molecule has 1 aromatic heterocycles. The van der Waals surface area contributed by atoms with E-state index in [-0.39, 0.29) is 16.5 Å². The molecule has 3 aromatic rings. The third kappa shape index (κ3) is 3.73. The number of esters is 1. The molecule has 7 nitrogen and oxygen atoms in total. The number of ether oxygens (including phenoxy) is 1. The fourth-order valence-corrected chi connectivity index (χ4v) is 2.45. The molecule has 1 N–H and O–H groups in total. The van der Waals surface area contributed by atoms with Crippen molar-refractivity contribution < 1.29 is 18.8 Å². The van der Waals surface area contributed by atoms with Gasteiger partial charge in [-0.1, -0.05) is 16.8 Å². The van der Waals surface area contributed by atoms with Gasteiger partial charge in [-0.05, 0) is 49.4 Å². The largest absolute Gasteiger partial charge is 0.465 e. The van der Waals surface area contributed by atoms with Crippen molar-refractivity contribution >= 4 is 29.2 Å². The molecule has 1 amide bonds. The highest BCUT2D eigenvalue weighted by Crippen LogP contribution is 2.22. The van der Waals surface area contributed by atoms with Crippen LogP contribution in [0.25, 0.3) is 11.5 Å². The second-order valence-corrected chi connectivity index (χ2v) is 5.77. The molecule has 26 heavy (non-hydrogen) atoms. The van der Waals surface area contributed by atoms with Crippen LogP contribution in [0.3, 0.4) is 0 Å². The number of hydrogen-bond acceptors (Lipinski definition) is 6. The minimum Gasteiger partial charge on any atom is -0.465 e. The summed E-state index contributed by atoms with van der Waals surface area (Å²) in [5, 5.41) is 6.68. The summed E-state index contributed by atoms with van der Waals surface area (Å²) in [4.78, 5) is 28.2. The molecular formula is C18H14ClN3O4. The van der Waals surface area contributed by atoms with Gasteiger partial charge in [0.05, 0.1) is 17.7 Å². The summed E-state index contributed by atoms with van der Waals surface area (Å²) in [5.41, 5.74) is 1.74. The van der Waals surface area contributed by atoms with Crippen molar-refractivity contribution in [2.75, 3.05) is 12.4 Å². The summed E-state index contributed by atoms with van der Waals surface area (Å²) in [5.74, 6) is 0.00236. The van der Waals surface area contributed by atoms with Crippen molar-refractivity contribution in [1.29, 1.82) is 0 Å². The van der Waals surface area contributed by atoms with E-state index < -0.39 is 5.97 Å². The molecule has 0 fully saturated rings. The van der Waals surface area contributed by atoms with Gasteiger partial charge in [0.2, 0.25) is 0 Å². The highest BCUT2D eigenvalue weighted by molar-refractivity contribution is 6.33. The van der Waals surface area contributed by atoms with Crippen LogP contribution < -0.4 is 5.32 Å². The zero-order valence-corrected chi connectivity index (χ0v) is 14.7. The first-order valence-electron chi connectivity index (χ1n) is 7.58. The second-order valence-electron chi connectivity index (χ2n) is 5.36. The van der Waals surface area contributed by atoms with Crippen LogP contribution in [0.15, 0.2) is 47.0 Å². The zero-order chi connectivity index (χ0) is 18.7. The van der Waals surface area contributed by atoms with E-state index in [1.165, 1.54) is 19.2 Å². The van der Waals surface area contributed by atoms with E-state index in [1.807, 2.05) is 0 Å². The Morgan fingerprint density at radius 1 is 1.15 bits per heavy atom. The molecule has 2 aromatic carbocycles. The Morgan fingerprint density at radius 2 is 1.88 bits per heavy atom. The maximum absolute atomic E-state index is 12.4. The zero-order valence-electron chi connectivity index (χ0n) is 13.9. The maximum atomic E-state index is 12.4. The van der Waals surface area contributed by atoms with E-state index in [0.29, 0.717) is 28.5 Å². The van der Waals surface area contributed by atoms with E-state index in [1.54, 1.807) is 37.3 Å². The van der Waals surface area contributed by atoms with Crippen LogP contribution >= 0.6 is 11.6 Å². The molecule has 0 unspecified atom stereocenters. The van der Waals surface area contributed by atoms with Crippen LogP contribution in [0.5, 0.6) is 0 Å². The van der Waals surface area contributed by atoms with Gasteiger partial charge in [-0.25, -0.2) is 4.79 Å². The van der Waals surface area contributed by atoms with Crippen LogP contribution in [0.1, 0.15) is 26.5 Å². The van der Waals surface area contributed by atoms with Gasteiger partial charge in [-0.3, -0.25) is 4.79 Å². The normalized spacial score (nSPS) is 10.4. The number of carbonyl (C=O) groups excluding carboxylic acids is 2. The molecule has 1 heterocycles. The van der Waals surface area contributed by atoms with Crippen molar-refractivity contribution in [2.45, 2.75) is 6.92 Å². The lowest BCUT2D eigenvalue weighted by molar-refractivity contribution is 0.0600. The summed E-state index contributed by atoms with van der Waals surface area (Å²) >= 11 is 5.97. The number of aryl methyl sites for hydroxylation is 1. The number of methoxy groups -OCH3 is 1. The fourth-order valence-electron chi connectivity index (χ4n) is 2.25. The fraction of sp³-hybridized carbons (Fsp3) is 0.111. The number of carbonyl (C=O) groups is 2. The molecule has 0 saturated carbocycles. The van der Waals surface area contributed by atoms with Gasteiger partial charge in [-0.2, -0.15) is 4.98 Å². The summed E-state index contributed by atoms with van der Waals surface area (Å²) in [6.07, 6.45) is 0. The van der Waals surface area contributed by atoms with Crippen LogP contribution in [-0.2, 0) is 4.74 Å². The lowest BCUT2D eigenvalue weighted by Crippen LogP contribution is -2.12. The Kier molecular flexibility index (Phi) is 4.99. The smallest absolute Gasteiger partial charge is 0.339 e. The van der Waals surface area contributed by atoms with Crippen molar-refractivity contribution in [2.24, 2.45) is 0 Å². The summed E-state index contributed by atoms with van der Waals surface area (Å²) in [6, 6.07) is 11.3. The van der Waals surface area contributed by atoms with Gasteiger partial charge in [0.25, 0.3) is 11.8 Å². The van der Waals surface area contributed by atoms with Crippen LogP contribution in [0.2, 0.25) is 5.02 Å². The monoisotopic (exact) mass is 371 g/mol. The molecule has 132 valence electrons. The average molecular weight is 372 g/mol. The van der Waals surface area contributed by atoms with Crippen molar-refractivity contribution in [3.8, 4) is 11.5 Å². The first kappa shape index (κ1) is 17.6. The first-order valence-corrected chi connectivity index (χ1v) is 7.95. The molecular weight excluding hydrogens is 358 g/mol. The number of rotatable bonds is 4. The Bertz CT molecular complexity index is 967. The van der Waals surface area contributed by atoms with Gasteiger partial charge in [0.15, 0.2) is 5.82 Å². The molecule has 0 aliphatic heterocycles. The van der Waals surface area contributed by atoms with Gasteiger partial charge >= 0.3 is 5.97 Å². The molecule has 0 radical (unpaired) electrons. The van der Waals surface area contributed by atoms with Crippen LogP contribution in [-0.4, -0.2) is 29.1 Å². The second kappa shape index (κ2) is 7.37. The highest BCUT2D eigenvalue weighted by Gasteiger charge is 2.14. The summed E-state index contributed by atoms with van der Waals surface area (Å²) in [6.45, 7) is 1.73. The molecule has 0 bridgehead atoms. The maximum Gasteiger partial charge on any atom is 0.339 e. The van der Waals surface area contributed by atoms with Gasteiger partial charge in [-0.15, -0.1) is 0 Å². The van der Waals surface area contributed by atoms with E-state index in [4.69, 9.17) is 16.1 Å². The standard InChI is InChI=1S/C18H14ClN3O4/c1-10-20-17(26-22-10)12-5-3-11(4-6-12)16(23)21-13-7-8-15(19)14(9-13)18(24)25-2/h3-9H,1-2H3,(H,21,23). The highest BCUT2D eigenvalue weighted by atomic mass is 35.5. The van der Waals surface area contributed by atoms with Gasteiger partial charge in [0.1, 0.15) is 0 Å². The number of hydrogen-bond donors (Lipinski definition) is 1. The number of nitrogens with one attached hydrogen (secondary N) is 1. The minimum absolute atomic E-state index is 0.175. The van der Waals surface area contributed by atoms with E-state index in [9.17, 15) is 9.59 Å². The Morgan fingerprint density at radius 3 is 2.50 bits per heavy atom. The van der Waals surface area contributed by atoms with Crippen LogP contribution in [0.4, 0.5) is 5.69 Å². The molecule has 8 heteroatoms. The lowest BCUT2D eigenvalue weighted by atomic mass is 10.1. The number of nitrogens with zero attached hydrogens (tertiary/aromatic N) is 2. The van der Waals surface area contributed by atoms with E-state index in [2.05, 4.69) is 20.2 Å². The predicted molar refractivity (Wildman–Crippen MR) is 95.2 cm³/mol. The number of amides is 1. The van der Waals surface area contributed by atoms with Crippen LogP contribution in [0, 0.1) is 6.92 Å². The molecule has 0 spiro atoms. The minimum atomic E-state index is -0.578. The van der Waals surface area contributed by atoms with Gasteiger partial charge in [0, 0.05) is 16.8 Å². The lowest BCUT2D eigenvalue weighted by Gasteiger charge is -2.08. The molecule has 0 saturated heterocycles. The Labute approximate surface area is 153 Å². The van der Waals surface area contributed by atoms with Crippen molar-refractivity contribution in [3.05, 3.63) is 64.4 Å². The number of benzene rings is 2. The van der Waals surface area contributed by atoms with Gasteiger partial charge < -0.3 is 14.6 Å². The van der Waals surface area contributed by atoms with E-state index >= 15 is 0 Å². The molecule has 3 rings (SSSR count). The summed E-state index contributed by atoms with van der Waals surface area (Å²) in [7, 11) is 1.26. The predicted octanol–water partition coefficient (Wildman–Crippen LogP) is 3.74. The topological polar surface area (TPSA) is 94.3 Å². The number of aromatic nitrogens is 2. The Balaban J connectivity index is 1.77. The third-order valence-corrected chi connectivity index (χ3v) is 3.88. The number of halogens is 1. The van der Waals surface area contributed by atoms with Crippen molar-refractivity contribution in [3.63, 3.8) is 0 Å². The first-order chi connectivity index (χ1) is 12.5. The molecule has 0 aliphatic rings. The average Bonchev–Trinajstić information content (AvgIpc) is 3.09. The van der Waals surface area contributed by atoms with Crippen molar-refractivity contribution in [1.82, 2.24) is 10.1 Å². The third-order valence-electron chi connectivity index (χ3n) is 3.55. The number of anilines is 1. The molecule has 0 aliphatic carbocycles. The molecule has 0 atom stereocenters. The summed E-state index contributed by atoms with van der Waals surface area (Å²) < 4.78 is 9.75. The Hall–Kier alpha value is -3.19. The van der Waals surface area contributed by atoms with E-state index in [0.717, 1.165) is 0 Å². The quantitative estimate of drug-likeness (QED) is 0.702.